The zero-order valence-corrected chi connectivity index (χ0v) is 18.8. The van der Waals surface area contributed by atoms with Crippen LogP contribution in [0.2, 0.25) is 0 Å². The van der Waals surface area contributed by atoms with Gasteiger partial charge in [0.1, 0.15) is 18.0 Å². The first-order valence-corrected chi connectivity index (χ1v) is 11.0. The van der Waals surface area contributed by atoms with E-state index in [0.29, 0.717) is 18.7 Å². The van der Waals surface area contributed by atoms with Gasteiger partial charge in [0.25, 0.3) is 0 Å². The van der Waals surface area contributed by atoms with E-state index in [1.54, 1.807) is 12.1 Å². The van der Waals surface area contributed by atoms with Crippen molar-refractivity contribution in [3.8, 4) is 11.8 Å². The van der Waals surface area contributed by atoms with Crippen molar-refractivity contribution in [2.45, 2.75) is 45.0 Å². The number of fused-ring (bicyclic) bond motifs is 2. The molecule has 3 rings (SSSR count). The Hall–Kier alpha value is -2.34. The van der Waals surface area contributed by atoms with E-state index < -0.39 is 5.60 Å². The number of benzene rings is 1. The second-order valence-corrected chi connectivity index (χ2v) is 9.17. The molecule has 0 radical (unpaired) electrons. The quantitative estimate of drug-likeness (QED) is 0.633. The standard InChI is InChI=1S/C23H34N4O4/c1-23(2,3)31-22(28)25-9-4-10-26-14-20-16-27(17-21(15-26)30-20)11-12-29-19-7-5-18(13-24)6-8-19/h5-8,20-21H,4,9-12,14-17H2,1-3H3,(H,25,28). The molecule has 2 unspecified atom stereocenters. The molecular formula is C23H34N4O4. The first-order valence-electron chi connectivity index (χ1n) is 11.0. The fourth-order valence-electron chi connectivity index (χ4n) is 3.95. The molecule has 1 aromatic rings. The molecule has 2 atom stereocenters. The van der Waals surface area contributed by atoms with Crippen molar-refractivity contribution in [2.24, 2.45) is 0 Å². The van der Waals surface area contributed by atoms with E-state index in [2.05, 4.69) is 21.2 Å². The number of carbonyl (C=O) groups excluding carboxylic acids is 1. The minimum atomic E-state index is -0.468. The lowest BCUT2D eigenvalue weighted by molar-refractivity contribution is -0.139. The molecule has 2 aliphatic rings. The lowest BCUT2D eigenvalue weighted by atomic mass is 10.1. The van der Waals surface area contributed by atoms with Crippen LogP contribution >= 0.6 is 0 Å². The van der Waals surface area contributed by atoms with Crippen molar-refractivity contribution in [1.29, 1.82) is 5.26 Å². The summed E-state index contributed by atoms with van der Waals surface area (Å²) in [6, 6.07) is 9.32. The summed E-state index contributed by atoms with van der Waals surface area (Å²) in [5, 5.41) is 11.7. The van der Waals surface area contributed by atoms with Crippen LogP contribution in [0.3, 0.4) is 0 Å². The lowest BCUT2D eigenvalue weighted by Crippen LogP contribution is -2.60. The third kappa shape index (κ3) is 8.02. The van der Waals surface area contributed by atoms with E-state index in [1.165, 1.54) is 0 Å². The van der Waals surface area contributed by atoms with Gasteiger partial charge in [0, 0.05) is 45.8 Å². The Morgan fingerprint density at radius 3 is 2.32 bits per heavy atom. The highest BCUT2D eigenvalue weighted by atomic mass is 16.6. The van der Waals surface area contributed by atoms with Crippen molar-refractivity contribution in [2.75, 3.05) is 52.4 Å². The molecule has 8 nitrogen and oxygen atoms in total. The highest BCUT2D eigenvalue weighted by Gasteiger charge is 2.34. The van der Waals surface area contributed by atoms with Crippen LogP contribution in [0.15, 0.2) is 24.3 Å². The highest BCUT2D eigenvalue weighted by Crippen LogP contribution is 2.19. The predicted molar refractivity (Wildman–Crippen MR) is 117 cm³/mol. The maximum absolute atomic E-state index is 11.7. The third-order valence-electron chi connectivity index (χ3n) is 5.21. The summed E-state index contributed by atoms with van der Waals surface area (Å²) in [4.78, 5) is 16.6. The molecule has 170 valence electrons. The van der Waals surface area contributed by atoms with Crippen molar-refractivity contribution < 1.29 is 19.0 Å². The second kappa shape index (κ2) is 10.8. The highest BCUT2D eigenvalue weighted by molar-refractivity contribution is 5.67. The van der Waals surface area contributed by atoms with Gasteiger partial charge in [-0.15, -0.1) is 0 Å². The van der Waals surface area contributed by atoms with Crippen LogP contribution in [0.5, 0.6) is 5.75 Å². The zero-order valence-electron chi connectivity index (χ0n) is 18.8. The maximum atomic E-state index is 11.7. The lowest BCUT2D eigenvalue weighted by Gasteiger charge is -2.45. The van der Waals surface area contributed by atoms with Gasteiger partial charge in [-0.05, 0) is 51.5 Å². The predicted octanol–water partition coefficient (Wildman–Crippen LogP) is 2.24. The molecule has 0 aromatic heterocycles. The maximum Gasteiger partial charge on any atom is 0.407 e. The summed E-state index contributed by atoms with van der Waals surface area (Å²) in [6.45, 7) is 12.2. The number of nitrogens with one attached hydrogen (secondary N) is 1. The monoisotopic (exact) mass is 430 g/mol. The molecular weight excluding hydrogens is 396 g/mol. The van der Waals surface area contributed by atoms with E-state index in [4.69, 9.17) is 19.5 Å². The van der Waals surface area contributed by atoms with E-state index in [1.807, 2.05) is 32.9 Å². The number of alkyl carbamates (subject to hydrolysis) is 1. The van der Waals surface area contributed by atoms with Gasteiger partial charge in [0.2, 0.25) is 0 Å². The van der Waals surface area contributed by atoms with Gasteiger partial charge >= 0.3 is 6.09 Å². The summed E-state index contributed by atoms with van der Waals surface area (Å²) in [7, 11) is 0. The summed E-state index contributed by atoms with van der Waals surface area (Å²) < 4.78 is 17.2. The van der Waals surface area contributed by atoms with Crippen LogP contribution in [0.4, 0.5) is 4.79 Å². The van der Waals surface area contributed by atoms with Gasteiger partial charge in [-0.2, -0.15) is 5.26 Å². The number of rotatable bonds is 8. The van der Waals surface area contributed by atoms with Gasteiger partial charge in [-0.3, -0.25) is 9.80 Å². The zero-order chi connectivity index (χ0) is 22.3. The average Bonchev–Trinajstić information content (AvgIpc) is 2.70. The van der Waals surface area contributed by atoms with Crippen molar-refractivity contribution >= 4 is 6.09 Å². The first-order chi connectivity index (χ1) is 14.8. The fourth-order valence-corrected chi connectivity index (χ4v) is 3.95. The number of morpholine rings is 2. The molecule has 2 heterocycles. The van der Waals surface area contributed by atoms with Gasteiger partial charge in [0.05, 0.1) is 23.8 Å². The number of nitriles is 1. The Balaban J connectivity index is 1.31. The Morgan fingerprint density at radius 2 is 1.74 bits per heavy atom. The van der Waals surface area contributed by atoms with Gasteiger partial charge in [-0.25, -0.2) is 4.79 Å². The molecule has 1 N–H and O–H groups in total. The molecule has 8 heteroatoms. The Labute approximate surface area is 185 Å². The molecule has 0 saturated carbocycles. The molecule has 2 bridgehead atoms. The van der Waals surface area contributed by atoms with Crippen LogP contribution in [0.1, 0.15) is 32.8 Å². The summed E-state index contributed by atoms with van der Waals surface area (Å²) in [5.74, 6) is 0.790. The van der Waals surface area contributed by atoms with Crippen LogP contribution in [0, 0.1) is 11.3 Å². The Morgan fingerprint density at radius 1 is 1.13 bits per heavy atom. The Bertz CT molecular complexity index is 742. The van der Waals surface area contributed by atoms with Crippen LogP contribution in [0.25, 0.3) is 0 Å². The number of carbonyl (C=O) groups is 1. The van der Waals surface area contributed by atoms with E-state index >= 15 is 0 Å². The molecule has 0 aliphatic carbocycles. The summed E-state index contributed by atoms with van der Waals surface area (Å²) in [6.07, 6.45) is 0.952. The van der Waals surface area contributed by atoms with Crippen molar-refractivity contribution in [1.82, 2.24) is 15.1 Å². The number of ether oxygens (including phenoxy) is 3. The fraction of sp³-hybridized carbons (Fsp3) is 0.652. The molecule has 2 saturated heterocycles. The number of nitrogens with zero attached hydrogens (tertiary/aromatic N) is 3. The topological polar surface area (TPSA) is 87.1 Å². The second-order valence-electron chi connectivity index (χ2n) is 9.17. The largest absolute Gasteiger partial charge is 0.492 e. The van der Waals surface area contributed by atoms with E-state index in [-0.39, 0.29) is 18.3 Å². The minimum Gasteiger partial charge on any atom is -0.492 e. The van der Waals surface area contributed by atoms with E-state index in [0.717, 1.165) is 51.4 Å². The van der Waals surface area contributed by atoms with E-state index in [9.17, 15) is 4.79 Å². The SMILES string of the molecule is CC(C)(C)OC(=O)NCCCN1CC2CN(CCOc3ccc(C#N)cc3)CC(C1)O2. The van der Waals surface area contributed by atoms with Crippen LogP contribution in [-0.4, -0.2) is 86.1 Å². The Kier molecular flexibility index (Phi) is 8.13. The first kappa shape index (κ1) is 23.3. The number of hydrogen-bond acceptors (Lipinski definition) is 7. The molecule has 1 amide bonds. The van der Waals surface area contributed by atoms with Crippen LogP contribution < -0.4 is 10.1 Å². The molecule has 0 spiro atoms. The smallest absolute Gasteiger partial charge is 0.407 e. The normalized spacial score (nSPS) is 21.9. The third-order valence-corrected chi connectivity index (χ3v) is 5.21. The van der Waals surface area contributed by atoms with Crippen LogP contribution in [-0.2, 0) is 9.47 Å². The van der Waals surface area contributed by atoms with Gasteiger partial charge in [-0.1, -0.05) is 0 Å². The minimum absolute atomic E-state index is 0.209. The molecule has 31 heavy (non-hydrogen) atoms. The average molecular weight is 431 g/mol. The summed E-state index contributed by atoms with van der Waals surface area (Å²) in [5.41, 5.74) is 0.170. The van der Waals surface area contributed by atoms with Gasteiger partial charge < -0.3 is 19.5 Å². The number of amides is 1. The van der Waals surface area contributed by atoms with Gasteiger partial charge in [0.15, 0.2) is 0 Å². The molecule has 1 aromatic carbocycles. The number of hydrogen-bond donors (Lipinski definition) is 1. The van der Waals surface area contributed by atoms with Crippen molar-refractivity contribution in [3.05, 3.63) is 29.8 Å². The molecule has 2 aliphatic heterocycles. The van der Waals surface area contributed by atoms with Crippen molar-refractivity contribution in [3.63, 3.8) is 0 Å². The summed E-state index contributed by atoms with van der Waals surface area (Å²) >= 11 is 0. The molecule has 2 fully saturated rings.